The van der Waals surface area contributed by atoms with Gasteiger partial charge >= 0.3 is 31.3 Å². The molecule has 6 aromatic rings. The quantitative estimate of drug-likeness (QED) is 0.0222. The minimum atomic E-state index is -5.39. The van der Waals surface area contributed by atoms with Gasteiger partial charge in [-0.05, 0) is 24.3 Å². The zero-order valence-electron chi connectivity index (χ0n) is 44.4. The van der Waals surface area contributed by atoms with Crippen LogP contribution in [0, 0.1) is 0 Å². The van der Waals surface area contributed by atoms with Crippen LogP contribution < -0.4 is 42.3 Å². The van der Waals surface area contributed by atoms with Gasteiger partial charge in [0.05, 0.1) is 51.3 Å². The zero-order valence-corrected chi connectivity index (χ0v) is 48.0. The van der Waals surface area contributed by atoms with Gasteiger partial charge in [-0.2, -0.15) is 17.8 Å². The molecule has 480 valence electrons. The third kappa shape index (κ3) is 14.7. The minimum absolute atomic E-state index is 0.0416. The Hall–Kier alpha value is -6.02. The van der Waals surface area contributed by atoms with Crippen LogP contribution in [0.2, 0.25) is 0 Å². The standard InChI is InChI=1S/2C21H27N7O14P2/c2*22-17-12-19(25-7-24-17)28(8-26-12)21-16(32)14(30)11(41-21)6-39-44(36,37)42-43(34,35)38-5-10-13(29)15(31)20(40-10)27-3-1-2-9(4-27)18(23)33/h2*1-4,7-8,10-11,13-16,20-21,29-30,32H,5-6H2,(H2,23,33)(H,34,35)(H,36,37)(H2,22,24,25). The Bertz CT molecular complexity index is 3490. The summed E-state index contributed by atoms with van der Waals surface area (Å²) in [6.07, 6.45) is -15.0. The topological polar surface area (TPSA) is 642 Å². The van der Waals surface area contributed by atoms with E-state index in [4.69, 9.17) is 50.9 Å². The number of aliphatic hydroxyl groups is 6. The first-order chi connectivity index (χ1) is 41.3. The fourth-order valence-electron chi connectivity index (χ4n) is 9.12. The number of carbonyl (C=O) groups excluding carboxylic acids is 2. The second-order valence-electron chi connectivity index (χ2n) is 19.3. The number of imidazole rings is 2. The molecule has 6 aromatic heterocycles. The Morgan fingerprint density at radius 2 is 0.852 bits per heavy atom. The molecule has 18 N–H and O–H groups in total. The average Bonchev–Trinajstić information content (AvgIpc) is 1.77. The van der Waals surface area contributed by atoms with Crippen molar-refractivity contribution in [3.8, 4) is 0 Å². The number of hydrogen-bond donors (Lipinski definition) is 14. The smallest absolute Gasteiger partial charge is 0.481 e. The number of nitrogens with zero attached hydrogens (tertiary/aromatic N) is 10. The number of carbonyl (C=O) groups is 2. The van der Waals surface area contributed by atoms with Crippen molar-refractivity contribution in [2.45, 2.75) is 98.2 Å². The molecule has 0 bridgehead atoms. The average molecular weight is 1330 g/mol. The number of phosphoric ester groups is 4. The monoisotopic (exact) mass is 1330 g/mol. The van der Waals surface area contributed by atoms with E-state index in [1.807, 2.05) is 0 Å². The molecule has 0 saturated carbocycles. The Kier molecular flexibility index (Phi) is 19.9. The maximum atomic E-state index is 12.6. The first-order valence-electron chi connectivity index (χ1n) is 25.2. The molecule has 4 saturated heterocycles. The number of ether oxygens (including phenoxy) is 4. The molecule has 20 atom stereocenters. The molecule has 20 unspecified atom stereocenters. The van der Waals surface area contributed by atoms with E-state index in [2.05, 4.69) is 47.6 Å². The number of aliphatic hydroxyl groups excluding tert-OH is 6. The highest BCUT2D eigenvalue weighted by atomic mass is 31.3. The Morgan fingerprint density at radius 1 is 0.523 bits per heavy atom. The van der Waals surface area contributed by atoms with Gasteiger partial charge in [-0.3, -0.25) is 36.8 Å². The van der Waals surface area contributed by atoms with Crippen LogP contribution in [0.4, 0.5) is 11.6 Å². The maximum absolute atomic E-state index is 12.6. The number of nitrogens with two attached hydrogens (primary N) is 4. The van der Waals surface area contributed by atoms with Crippen LogP contribution in [-0.4, -0.2) is 201 Å². The molecule has 0 radical (unpaired) electrons. The molecule has 0 spiro atoms. The van der Waals surface area contributed by atoms with E-state index in [-0.39, 0.29) is 45.1 Å². The molecule has 4 fully saturated rings. The summed E-state index contributed by atoms with van der Waals surface area (Å²) in [7, 11) is -21.5. The summed E-state index contributed by atoms with van der Waals surface area (Å²) in [5.41, 5.74) is 22.7. The molecule has 4 aliphatic heterocycles. The van der Waals surface area contributed by atoms with E-state index in [0.717, 1.165) is 12.7 Å². The number of pyridine rings is 2. The first kappa shape index (κ1) is 66.4. The van der Waals surface area contributed by atoms with E-state index in [9.17, 15) is 88.3 Å². The molecule has 0 aromatic carbocycles. The number of phosphoric acid groups is 4. The van der Waals surface area contributed by atoms with Gasteiger partial charge in [-0.1, -0.05) is 0 Å². The number of amides is 2. The number of hydrogen-bond acceptors (Lipinski definition) is 32. The maximum Gasteiger partial charge on any atom is 0.481 e. The van der Waals surface area contributed by atoms with Crippen LogP contribution in [0.5, 0.6) is 0 Å². The van der Waals surface area contributed by atoms with Crippen LogP contribution in [0.1, 0.15) is 45.6 Å². The molecule has 2 amide bonds. The van der Waals surface area contributed by atoms with E-state index >= 15 is 0 Å². The number of aromatic nitrogens is 10. The molecular weight excluding hydrogens is 1270 g/mol. The fourth-order valence-corrected chi connectivity index (χ4v) is 13.3. The van der Waals surface area contributed by atoms with Gasteiger partial charge in [-0.15, -0.1) is 0 Å². The van der Waals surface area contributed by atoms with Crippen molar-refractivity contribution in [1.82, 2.24) is 39.0 Å². The zero-order chi connectivity index (χ0) is 63.9. The second kappa shape index (κ2) is 26.4. The van der Waals surface area contributed by atoms with Crippen molar-refractivity contribution in [1.29, 1.82) is 0 Å². The van der Waals surface area contributed by atoms with Crippen LogP contribution >= 0.6 is 31.3 Å². The summed E-state index contributed by atoms with van der Waals surface area (Å²) in [6, 6.07) is 5.57. The summed E-state index contributed by atoms with van der Waals surface area (Å²) < 4.78 is 104. The summed E-state index contributed by atoms with van der Waals surface area (Å²) in [4.78, 5) is 86.5. The number of fused-ring (bicyclic) bond motifs is 2. The number of rotatable bonds is 22. The summed E-state index contributed by atoms with van der Waals surface area (Å²) in [6.45, 7) is -3.69. The lowest BCUT2D eigenvalue weighted by Crippen LogP contribution is -2.52. The van der Waals surface area contributed by atoms with Gasteiger partial charge in [-0.25, -0.2) is 48.2 Å². The van der Waals surface area contributed by atoms with E-state index in [1.165, 1.54) is 80.0 Å². The van der Waals surface area contributed by atoms with Gasteiger partial charge in [0.25, 0.3) is 24.3 Å². The number of anilines is 2. The van der Waals surface area contributed by atoms with Gasteiger partial charge in [0, 0.05) is 12.1 Å². The normalized spacial score (nSPS) is 31.6. The highest BCUT2D eigenvalue weighted by molar-refractivity contribution is 7.61. The third-order valence-electron chi connectivity index (χ3n) is 13.4. The van der Waals surface area contributed by atoms with Crippen molar-refractivity contribution < 1.29 is 143 Å². The van der Waals surface area contributed by atoms with Crippen molar-refractivity contribution in [3.05, 3.63) is 85.5 Å². The number of nitrogen functional groups attached to an aromatic ring is 2. The van der Waals surface area contributed by atoms with Crippen molar-refractivity contribution in [3.63, 3.8) is 0 Å². The SMILES string of the molecule is NC(=O)c1ccc[n+](C2OC(COP(=O)(O)OP(=O)(O)OCC3OC(n4cnc5c(N)ncnc54)C(O)C3O)C(O)C2[O-])c1.NC(=O)c1ccc[n+](C2OC(COP(=O)(O)OP(=O)(O)OCC3OC(n4cnc5c(N)ncnc54)C(O)C3O)C(O)C2[O-])c1. The summed E-state index contributed by atoms with van der Waals surface area (Å²) >= 11 is 0. The molecule has 10 rings (SSSR count). The van der Waals surface area contributed by atoms with Gasteiger partial charge < -0.3 is 102 Å². The molecule has 10 heterocycles. The lowest BCUT2D eigenvalue weighted by atomic mass is 10.1. The van der Waals surface area contributed by atoms with Crippen molar-refractivity contribution >= 4 is 77.1 Å². The predicted octanol–water partition coefficient (Wildman–Crippen LogP) is -7.30. The lowest BCUT2D eigenvalue weighted by Gasteiger charge is -2.22. The number of primary amides is 2. The third-order valence-corrected chi connectivity index (χ3v) is 18.6. The van der Waals surface area contributed by atoms with Crippen LogP contribution in [0.3, 0.4) is 0 Å². The van der Waals surface area contributed by atoms with Gasteiger partial charge in [0.1, 0.15) is 83.6 Å². The molecule has 88 heavy (non-hydrogen) atoms. The highest BCUT2D eigenvalue weighted by Crippen LogP contribution is 2.62. The van der Waals surface area contributed by atoms with Crippen LogP contribution in [0.25, 0.3) is 22.3 Å². The van der Waals surface area contributed by atoms with E-state index in [0.29, 0.717) is 0 Å². The lowest BCUT2D eigenvalue weighted by molar-refractivity contribution is -0.782. The molecule has 42 nitrogen and oxygen atoms in total. The molecule has 4 aliphatic rings. The predicted molar refractivity (Wildman–Crippen MR) is 274 cm³/mol. The van der Waals surface area contributed by atoms with Gasteiger partial charge in [0.15, 0.2) is 60.2 Å². The first-order valence-corrected chi connectivity index (χ1v) is 31.1. The summed E-state index contributed by atoms with van der Waals surface area (Å²) in [5.74, 6) is -1.48. The largest absolute Gasteiger partial charge is 0.843 e. The van der Waals surface area contributed by atoms with E-state index in [1.54, 1.807) is 0 Å². The fraction of sp³-hybridized carbons (Fsp3) is 0.476. The van der Waals surface area contributed by atoms with Crippen LogP contribution in [0.15, 0.2) is 74.4 Å². The summed E-state index contributed by atoms with van der Waals surface area (Å²) in [5, 5.41) is 87.5. The highest BCUT2D eigenvalue weighted by Gasteiger charge is 2.50. The van der Waals surface area contributed by atoms with E-state index < -0.39 is 168 Å². The second-order valence-corrected chi connectivity index (χ2v) is 25.4. The van der Waals surface area contributed by atoms with Crippen molar-refractivity contribution in [2.75, 3.05) is 37.9 Å². The Morgan fingerprint density at radius 3 is 1.18 bits per heavy atom. The molecular formula is C42H54N14O28P4. The Labute approximate surface area is 491 Å². The van der Waals surface area contributed by atoms with Gasteiger partial charge in [0.2, 0.25) is 0 Å². The minimum Gasteiger partial charge on any atom is -0.843 e. The van der Waals surface area contributed by atoms with Crippen LogP contribution in [-0.2, 0) is 63.9 Å². The Balaban J connectivity index is 0.000000209. The molecule has 46 heteroatoms. The van der Waals surface area contributed by atoms with Crippen molar-refractivity contribution in [2.24, 2.45) is 11.5 Å². The molecule has 0 aliphatic carbocycles.